The van der Waals surface area contributed by atoms with Gasteiger partial charge in [0.25, 0.3) is 0 Å². The summed E-state index contributed by atoms with van der Waals surface area (Å²) in [5.74, 6) is -1.36. The summed E-state index contributed by atoms with van der Waals surface area (Å²) in [6, 6.07) is 15.2. The lowest BCUT2D eigenvalue weighted by Gasteiger charge is -2.44. The number of piperazine rings is 1. The standard InChI is InChI=1S/C26H33FN4O2/c27-21-12-10-20(11-13-21)24(25(28)32)29-26(33)22-8-4-5-9-23(22)31-16-14-30(15-17-31)18-19-6-2-1-3-7-19/h1-3,6-7,10-13,22-24H,4-5,8-9,14-18H2,(H2,28,32)(H,29,33)/t22-,23-,24-/m0/s1. The third-order valence-corrected chi connectivity index (χ3v) is 6.97. The van der Waals surface area contributed by atoms with Crippen LogP contribution in [0.1, 0.15) is 42.9 Å². The molecule has 7 heteroatoms. The smallest absolute Gasteiger partial charge is 0.244 e. The predicted octanol–water partition coefficient (Wildman–Crippen LogP) is 2.84. The molecule has 3 N–H and O–H groups in total. The Morgan fingerprint density at radius 2 is 1.64 bits per heavy atom. The highest BCUT2D eigenvalue weighted by Crippen LogP contribution is 2.30. The van der Waals surface area contributed by atoms with E-state index >= 15 is 0 Å². The Bertz CT molecular complexity index is 929. The molecule has 2 aromatic rings. The van der Waals surface area contributed by atoms with Crippen LogP contribution in [0, 0.1) is 11.7 Å². The van der Waals surface area contributed by atoms with Crippen LogP contribution in [0.15, 0.2) is 54.6 Å². The summed E-state index contributed by atoms with van der Waals surface area (Å²) in [7, 11) is 0. The SMILES string of the molecule is NC(=O)[C@@H](NC(=O)[C@H]1CCCC[C@@H]1N1CCN(Cc2ccccc2)CC1)c1ccc(F)cc1. The van der Waals surface area contributed by atoms with Crippen molar-refractivity contribution in [1.82, 2.24) is 15.1 Å². The van der Waals surface area contributed by atoms with Crippen molar-refractivity contribution in [3.63, 3.8) is 0 Å². The van der Waals surface area contributed by atoms with Gasteiger partial charge in [-0.25, -0.2) is 4.39 Å². The molecule has 0 aromatic heterocycles. The lowest BCUT2D eigenvalue weighted by molar-refractivity contribution is -0.133. The largest absolute Gasteiger partial charge is 0.368 e. The van der Waals surface area contributed by atoms with Crippen molar-refractivity contribution in [2.75, 3.05) is 26.2 Å². The topological polar surface area (TPSA) is 78.7 Å². The molecule has 0 spiro atoms. The van der Waals surface area contributed by atoms with E-state index in [2.05, 4.69) is 39.4 Å². The van der Waals surface area contributed by atoms with E-state index in [4.69, 9.17) is 5.73 Å². The zero-order valence-corrected chi connectivity index (χ0v) is 19.0. The van der Waals surface area contributed by atoms with Gasteiger partial charge in [0, 0.05) is 38.8 Å². The van der Waals surface area contributed by atoms with Crippen LogP contribution in [-0.4, -0.2) is 53.8 Å². The molecule has 2 amide bonds. The van der Waals surface area contributed by atoms with Gasteiger partial charge < -0.3 is 11.1 Å². The molecule has 0 bridgehead atoms. The monoisotopic (exact) mass is 452 g/mol. The second kappa shape index (κ2) is 10.9. The first kappa shape index (κ1) is 23.4. The number of carbonyl (C=O) groups excluding carboxylic acids is 2. The maximum Gasteiger partial charge on any atom is 0.244 e. The first-order valence-electron chi connectivity index (χ1n) is 11.9. The van der Waals surface area contributed by atoms with Crippen molar-refractivity contribution >= 4 is 11.8 Å². The molecular formula is C26H33FN4O2. The maximum atomic E-state index is 13.3. The Morgan fingerprint density at radius 3 is 2.30 bits per heavy atom. The average Bonchev–Trinajstić information content (AvgIpc) is 2.84. The molecule has 1 aliphatic carbocycles. The summed E-state index contributed by atoms with van der Waals surface area (Å²) in [5, 5.41) is 2.86. The number of primary amides is 1. The van der Waals surface area contributed by atoms with Crippen LogP contribution >= 0.6 is 0 Å². The minimum atomic E-state index is -0.955. The lowest BCUT2D eigenvalue weighted by Crippen LogP contribution is -2.55. The van der Waals surface area contributed by atoms with Crippen LogP contribution < -0.4 is 11.1 Å². The molecule has 1 saturated carbocycles. The minimum absolute atomic E-state index is 0.139. The van der Waals surface area contributed by atoms with Gasteiger partial charge in [-0.3, -0.25) is 19.4 Å². The van der Waals surface area contributed by atoms with E-state index in [0.717, 1.165) is 58.4 Å². The zero-order valence-electron chi connectivity index (χ0n) is 19.0. The summed E-state index contributed by atoms with van der Waals surface area (Å²) < 4.78 is 13.3. The van der Waals surface area contributed by atoms with Crippen LogP contribution in [0.2, 0.25) is 0 Å². The van der Waals surface area contributed by atoms with Crippen LogP contribution in [0.25, 0.3) is 0 Å². The Balaban J connectivity index is 1.38. The van der Waals surface area contributed by atoms with E-state index in [1.54, 1.807) is 0 Å². The quantitative estimate of drug-likeness (QED) is 0.677. The van der Waals surface area contributed by atoms with E-state index in [1.807, 2.05) is 6.07 Å². The normalized spacial score (nSPS) is 23.1. The zero-order chi connectivity index (χ0) is 23.2. The van der Waals surface area contributed by atoms with Crippen molar-refractivity contribution < 1.29 is 14.0 Å². The molecule has 1 saturated heterocycles. The van der Waals surface area contributed by atoms with E-state index in [9.17, 15) is 14.0 Å². The molecule has 2 aliphatic rings. The van der Waals surface area contributed by atoms with Crippen molar-refractivity contribution in [2.24, 2.45) is 11.7 Å². The Labute approximate surface area is 194 Å². The number of nitrogens with two attached hydrogens (primary N) is 1. The molecule has 1 aliphatic heterocycles. The van der Waals surface area contributed by atoms with Crippen LogP contribution in [0.5, 0.6) is 0 Å². The van der Waals surface area contributed by atoms with Gasteiger partial charge in [0.05, 0.1) is 5.92 Å². The molecule has 0 radical (unpaired) electrons. The molecule has 3 atom stereocenters. The van der Waals surface area contributed by atoms with E-state index in [0.29, 0.717) is 5.56 Å². The first-order valence-corrected chi connectivity index (χ1v) is 11.9. The van der Waals surface area contributed by atoms with Crippen LogP contribution in [0.4, 0.5) is 4.39 Å². The van der Waals surface area contributed by atoms with Crippen molar-refractivity contribution in [1.29, 1.82) is 0 Å². The van der Waals surface area contributed by atoms with Gasteiger partial charge >= 0.3 is 0 Å². The van der Waals surface area contributed by atoms with Gasteiger partial charge in [0.1, 0.15) is 11.9 Å². The highest BCUT2D eigenvalue weighted by atomic mass is 19.1. The van der Waals surface area contributed by atoms with Gasteiger partial charge in [0.2, 0.25) is 11.8 Å². The van der Waals surface area contributed by atoms with Gasteiger partial charge in [-0.2, -0.15) is 0 Å². The van der Waals surface area contributed by atoms with Crippen molar-refractivity contribution in [2.45, 2.75) is 44.3 Å². The van der Waals surface area contributed by atoms with E-state index in [-0.39, 0.29) is 17.9 Å². The number of hydrogen-bond acceptors (Lipinski definition) is 4. The van der Waals surface area contributed by atoms with E-state index in [1.165, 1.54) is 29.8 Å². The second-order valence-corrected chi connectivity index (χ2v) is 9.15. The number of amides is 2. The molecule has 2 fully saturated rings. The molecule has 6 nitrogen and oxygen atoms in total. The van der Waals surface area contributed by atoms with Gasteiger partial charge in [-0.1, -0.05) is 55.3 Å². The highest BCUT2D eigenvalue weighted by Gasteiger charge is 2.37. The van der Waals surface area contributed by atoms with Crippen molar-refractivity contribution in [3.8, 4) is 0 Å². The van der Waals surface area contributed by atoms with Crippen molar-refractivity contribution in [3.05, 3.63) is 71.5 Å². The fourth-order valence-corrected chi connectivity index (χ4v) is 5.17. The number of halogens is 1. The molecule has 2 aromatic carbocycles. The molecular weight excluding hydrogens is 419 g/mol. The molecule has 4 rings (SSSR count). The minimum Gasteiger partial charge on any atom is -0.368 e. The number of nitrogens with zero attached hydrogens (tertiary/aromatic N) is 2. The third kappa shape index (κ3) is 5.97. The summed E-state index contributed by atoms with van der Waals surface area (Å²) in [6.45, 7) is 4.75. The Morgan fingerprint density at radius 1 is 0.970 bits per heavy atom. The van der Waals surface area contributed by atoms with Gasteiger partial charge in [-0.05, 0) is 36.1 Å². The van der Waals surface area contributed by atoms with E-state index < -0.39 is 17.8 Å². The average molecular weight is 453 g/mol. The number of benzene rings is 2. The molecule has 0 unspecified atom stereocenters. The third-order valence-electron chi connectivity index (χ3n) is 6.97. The number of rotatable bonds is 7. The first-order chi connectivity index (χ1) is 16.0. The maximum absolute atomic E-state index is 13.3. The highest BCUT2D eigenvalue weighted by molar-refractivity contribution is 5.88. The number of nitrogens with one attached hydrogen (secondary N) is 1. The number of hydrogen-bond donors (Lipinski definition) is 2. The Kier molecular flexibility index (Phi) is 7.73. The molecule has 33 heavy (non-hydrogen) atoms. The van der Waals surface area contributed by atoms with Crippen LogP contribution in [-0.2, 0) is 16.1 Å². The fourth-order valence-electron chi connectivity index (χ4n) is 5.17. The summed E-state index contributed by atoms with van der Waals surface area (Å²) >= 11 is 0. The molecule has 1 heterocycles. The fraction of sp³-hybridized carbons (Fsp3) is 0.462. The molecule has 176 valence electrons. The second-order valence-electron chi connectivity index (χ2n) is 9.15. The van der Waals surface area contributed by atoms with Gasteiger partial charge in [0.15, 0.2) is 0 Å². The summed E-state index contributed by atoms with van der Waals surface area (Å²) in [5.41, 5.74) is 7.40. The lowest BCUT2D eigenvalue weighted by atomic mass is 9.82. The predicted molar refractivity (Wildman–Crippen MR) is 126 cm³/mol. The summed E-state index contributed by atoms with van der Waals surface area (Å²) in [4.78, 5) is 30.3. The van der Waals surface area contributed by atoms with Crippen LogP contribution in [0.3, 0.4) is 0 Å². The van der Waals surface area contributed by atoms with Gasteiger partial charge in [-0.15, -0.1) is 0 Å². The summed E-state index contributed by atoms with van der Waals surface area (Å²) in [6.07, 6.45) is 3.89. The number of carbonyl (C=O) groups is 2. The Hall–Kier alpha value is -2.77.